The van der Waals surface area contributed by atoms with E-state index in [0.29, 0.717) is 22.3 Å². The number of carbonyl (C=O) groups excluding carboxylic acids is 1. The van der Waals surface area contributed by atoms with Gasteiger partial charge in [-0.05, 0) is 79.5 Å². The fourth-order valence-corrected chi connectivity index (χ4v) is 5.83. The van der Waals surface area contributed by atoms with E-state index in [1.54, 1.807) is 18.2 Å². The van der Waals surface area contributed by atoms with E-state index >= 15 is 0 Å². The molecule has 1 amide bonds. The van der Waals surface area contributed by atoms with Crippen LogP contribution in [0.3, 0.4) is 0 Å². The fourth-order valence-electron chi connectivity index (χ4n) is 4.10. The van der Waals surface area contributed by atoms with Crippen LogP contribution in [0.25, 0.3) is 0 Å². The second-order valence-electron chi connectivity index (χ2n) is 8.53. The van der Waals surface area contributed by atoms with E-state index in [9.17, 15) is 13.2 Å². The zero-order chi connectivity index (χ0) is 24.8. The van der Waals surface area contributed by atoms with E-state index in [0.717, 1.165) is 29.5 Å². The molecule has 3 aromatic carbocycles. The molecular weight excluding hydrogens is 505 g/mol. The van der Waals surface area contributed by atoms with Gasteiger partial charge in [0.25, 0.3) is 10.0 Å². The topological polar surface area (TPSA) is 69.7 Å². The minimum absolute atomic E-state index is 0.0317. The quantitative estimate of drug-likeness (QED) is 0.417. The highest BCUT2D eigenvalue weighted by molar-refractivity contribution is 7.92. The van der Waals surface area contributed by atoms with Crippen molar-refractivity contribution in [3.05, 3.63) is 94.0 Å². The molecule has 1 aliphatic heterocycles. The molecule has 0 radical (unpaired) electrons. The van der Waals surface area contributed by atoms with Gasteiger partial charge in [-0.2, -0.15) is 0 Å². The largest absolute Gasteiger partial charge is 0.350 e. The summed E-state index contributed by atoms with van der Waals surface area (Å²) < 4.78 is 27.9. The van der Waals surface area contributed by atoms with E-state index in [4.69, 9.17) is 23.2 Å². The molecule has 6 nitrogen and oxygen atoms in total. The van der Waals surface area contributed by atoms with Gasteiger partial charge in [-0.15, -0.1) is 0 Å². The highest BCUT2D eigenvalue weighted by Gasteiger charge is 2.27. The number of sulfonamides is 1. The minimum atomic E-state index is -4.04. The molecule has 0 spiro atoms. The summed E-state index contributed by atoms with van der Waals surface area (Å²) in [6, 6.07) is 20.3. The summed E-state index contributed by atoms with van der Waals surface area (Å²) in [7, 11) is -4.04. The third kappa shape index (κ3) is 6.76. The lowest BCUT2D eigenvalue weighted by atomic mass is 10.1. The fraction of sp³-hybridized carbons (Fsp3) is 0.269. The Balaban J connectivity index is 1.48. The Kier molecular flexibility index (Phi) is 8.34. The lowest BCUT2D eigenvalue weighted by molar-refractivity contribution is -0.119. The van der Waals surface area contributed by atoms with Crippen LogP contribution >= 0.6 is 23.2 Å². The Labute approximate surface area is 216 Å². The van der Waals surface area contributed by atoms with E-state index in [1.807, 2.05) is 12.1 Å². The first-order valence-electron chi connectivity index (χ1n) is 11.4. The molecule has 1 saturated heterocycles. The average molecular weight is 532 g/mol. The second kappa shape index (κ2) is 11.4. The standard InChI is InChI=1S/C26H27Cl2N3O3S/c27-22-9-11-25(12-10-22)35(33,34)31(24-8-4-7-23(28)16-24)19-26(32)29-17-20-5-3-6-21(15-20)18-30-13-1-2-14-30/h3-12,15-16H,1-2,13-14,17-19H2,(H,29,32). The van der Waals surface area contributed by atoms with Crippen LogP contribution in [0.15, 0.2) is 77.7 Å². The molecule has 1 N–H and O–H groups in total. The second-order valence-corrected chi connectivity index (χ2v) is 11.3. The number of halogens is 2. The van der Waals surface area contributed by atoms with Crippen LogP contribution in [0.4, 0.5) is 5.69 Å². The van der Waals surface area contributed by atoms with Gasteiger partial charge < -0.3 is 5.32 Å². The first-order valence-corrected chi connectivity index (χ1v) is 13.6. The summed E-state index contributed by atoms with van der Waals surface area (Å²) in [5.74, 6) is -0.424. The highest BCUT2D eigenvalue weighted by Crippen LogP contribution is 2.26. The number of carbonyl (C=O) groups is 1. The van der Waals surface area contributed by atoms with Crippen LogP contribution in [-0.2, 0) is 27.9 Å². The third-order valence-electron chi connectivity index (χ3n) is 5.87. The Morgan fingerprint density at radius 1 is 0.886 bits per heavy atom. The van der Waals surface area contributed by atoms with Gasteiger partial charge in [0.1, 0.15) is 6.54 Å². The van der Waals surface area contributed by atoms with Crippen molar-refractivity contribution in [1.29, 1.82) is 0 Å². The number of benzene rings is 3. The zero-order valence-corrected chi connectivity index (χ0v) is 21.5. The smallest absolute Gasteiger partial charge is 0.264 e. The molecule has 0 bridgehead atoms. The summed E-state index contributed by atoms with van der Waals surface area (Å²) >= 11 is 12.0. The molecule has 3 aromatic rings. The van der Waals surface area contributed by atoms with E-state index < -0.39 is 22.5 Å². The summed E-state index contributed by atoms with van der Waals surface area (Å²) in [6.45, 7) is 3.03. The number of nitrogens with one attached hydrogen (secondary N) is 1. The lowest BCUT2D eigenvalue weighted by Crippen LogP contribution is -2.40. The number of rotatable bonds is 9. The molecule has 0 unspecified atom stereocenters. The average Bonchev–Trinajstić information content (AvgIpc) is 3.35. The minimum Gasteiger partial charge on any atom is -0.350 e. The predicted octanol–water partition coefficient (Wildman–Crippen LogP) is 5.10. The van der Waals surface area contributed by atoms with Crippen LogP contribution in [0.5, 0.6) is 0 Å². The maximum absolute atomic E-state index is 13.4. The molecule has 4 rings (SSSR count). The van der Waals surface area contributed by atoms with Crippen molar-refractivity contribution in [3.63, 3.8) is 0 Å². The van der Waals surface area contributed by atoms with Crippen molar-refractivity contribution in [1.82, 2.24) is 10.2 Å². The molecule has 35 heavy (non-hydrogen) atoms. The molecule has 0 saturated carbocycles. The monoisotopic (exact) mass is 531 g/mol. The van der Waals surface area contributed by atoms with Crippen LogP contribution < -0.4 is 9.62 Å². The van der Waals surface area contributed by atoms with Crippen molar-refractivity contribution in [2.45, 2.75) is 30.8 Å². The van der Waals surface area contributed by atoms with Crippen LogP contribution in [0, 0.1) is 0 Å². The van der Waals surface area contributed by atoms with E-state index in [2.05, 4.69) is 22.3 Å². The number of likely N-dealkylation sites (tertiary alicyclic amines) is 1. The highest BCUT2D eigenvalue weighted by atomic mass is 35.5. The first kappa shape index (κ1) is 25.5. The summed E-state index contributed by atoms with van der Waals surface area (Å²) in [4.78, 5) is 15.4. The molecule has 9 heteroatoms. The zero-order valence-electron chi connectivity index (χ0n) is 19.2. The van der Waals surface area contributed by atoms with Crippen molar-refractivity contribution in [2.75, 3.05) is 23.9 Å². The molecule has 184 valence electrons. The van der Waals surface area contributed by atoms with Crippen molar-refractivity contribution in [3.8, 4) is 0 Å². The third-order valence-corrected chi connectivity index (χ3v) is 8.15. The molecule has 1 fully saturated rings. The van der Waals surface area contributed by atoms with Crippen molar-refractivity contribution >= 4 is 44.8 Å². The van der Waals surface area contributed by atoms with Gasteiger partial charge in [0.2, 0.25) is 5.91 Å². The van der Waals surface area contributed by atoms with Crippen LogP contribution in [-0.4, -0.2) is 38.9 Å². The number of amides is 1. The number of hydrogen-bond acceptors (Lipinski definition) is 4. The van der Waals surface area contributed by atoms with E-state index in [-0.39, 0.29) is 4.90 Å². The SMILES string of the molecule is O=C(CN(c1cccc(Cl)c1)S(=O)(=O)c1ccc(Cl)cc1)NCc1cccc(CN2CCCC2)c1. The van der Waals surface area contributed by atoms with Gasteiger partial charge in [0, 0.05) is 23.1 Å². The molecule has 0 atom stereocenters. The van der Waals surface area contributed by atoms with Gasteiger partial charge in [0.05, 0.1) is 10.6 Å². The normalized spacial score (nSPS) is 14.1. The number of hydrogen-bond donors (Lipinski definition) is 1. The summed E-state index contributed by atoms with van der Waals surface area (Å²) in [6.07, 6.45) is 2.47. The van der Waals surface area contributed by atoms with Crippen LogP contribution in [0.1, 0.15) is 24.0 Å². The number of anilines is 1. The molecule has 0 aromatic heterocycles. The van der Waals surface area contributed by atoms with Gasteiger partial charge in [-0.1, -0.05) is 53.5 Å². The van der Waals surface area contributed by atoms with Gasteiger partial charge in [-0.3, -0.25) is 14.0 Å². The summed E-state index contributed by atoms with van der Waals surface area (Å²) in [5.41, 5.74) is 2.46. The van der Waals surface area contributed by atoms with Crippen molar-refractivity contribution in [2.24, 2.45) is 0 Å². The molecular formula is C26H27Cl2N3O3S. The Bertz CT molecular complexity index is 1280. The van der Waals surface area contributed by atoms with Crippen LogP contribution in [0.2, 0.25) is 10.0 Å². The Hall–Kier alpha value is -2.58. The predicted molar refractivity (Wildman–Crippen MR) is 140 cm³/mol. The van der Waals surface area contributed by atoms with Crippen molar-refractivity contribution < 1.29 is 13.2 Å². The molecule has 1 heterocycles. The maximum Gasteiger partial charge on any atom is 0.264 e. The van der Waals surface area contributed by atoms with E-state index in [1.165, 1.54) is 48.7 Å². The Morgan fingerprint density at radius 2 is 1.57 bits per heavy atom. The maximum atomic E-state index is 13.4. The van der Waals surface area contributed by atoms with Gasteiger partial charge in [0.15, 0.2) is 0 Å². The summed E-state index contributed by atoms with van der Waals surface area (Å²) in [5, 5.41) is 3.64. The van der Waals surface area contributed by atoms with Gasteiger partial charge in [-0.25, -0.2) is 8.42 Å². The first-order chi connectivity index (χ1) is 16.8. The Morgan fingerprint density at radius 3 is 2.29 bits per heavy atom. The van der Waals surface area contributed by atoms with Gasteiger partial charge >= 0.3 is 0 Å². The molecule has 0 aliphatic carbocycles. The molecule has 1 aliphatic rings. The lowest BCUT2D eigenvalue weighted by Gasteiger charge is -2.24. The number of nitrogens with zero attached hydrogens (tertiary/aromatic N) is 2.